The Bertz CT molecular complexity index is 302. The second-order valence-electron chi connectivity index (χ2n) is 4.17. The molecule has 0 aliphatic rings. The van der Waals surface area contributed by atoms with Crippen LogP contribution in [0.25, 0.3) is 0 Å². The van der Waals surface area contributed by atoms with Gasteiger partial charge in [-0.3, -0.25) is 4.98 Å². The molecule has 1 aromatic rings. The van der Waals surface area contributed by atoms with E-state index in [0.717, 1.165) is 31.6 Å². The molecule has 0 saturated carbocycles. The number of rotatable bonds is 7. The molecule has 0 radical (unpaired) electrons. The van der Waals surface area contributed by atoms with Gasteiger partial charge in [0.05, 0.1) is 0 Å². The van der Waals surface area contributed by atoms with Gasteiger partial charge in [0.2, 0.25) is 0 Å². The summed E-state index contributed by atoms with van der Waals surface area (Å²) < 4.78 is 0. The summed E-state index contributed by atoms with van der Waals surface area (Å²) in [6.45, 7) is 6.30. The highest BCUT2D eigenvalue weighted by Crippen LogP contribution is 2.07. The van der Waals surface area contributed by atoms with E-state index in [9.17, 15) is 0 Å². The van der Waals surface area contributed by atoms with Crippen LogP contribution in [-0.4, -0.2) is 23.2 Å². The van der Waals surface area contributed by atoms with Crippen LogP contribution in [0.1, 0.15) is 31.0 Å². The number of nitrogens with zero attached hydrogens (tertiary/aromatic N) is 1. The predicted molar refractivity (Wildman–Crippen MR) is 66.2 cm³/mol. The zero-order chi connectivity index (χ0) is 11.8. The Morgan fingerprint density at radius 2 is 2.31 bits per heavy atom. The van der Waals surface area contributed by atoms with Gasteiger partial charge < -0.3 is 10.4 Å². The maximum atomic E-state index is 8.89. The third-order valence-electron chi connectivity index (χ3n) is 2.98. The number of hydrogen-bond acceptors (Lipinski definition) is 3. The quantitative estimate of drug-likeness (QED) is 0.740. The molecule has 3 nitrogen and oxygen atoms in total. The molecular formula is C13H22N2O. The summed E-state index contributed by atoms with van der Waals surface area (Å²) >= 11 is 0. The summed E-state index contributed by atoms with van der Waals surface area (Å²) in [5, 5.41) is 12.3. The van der Waals surface area contributed by atoms with Crippen LogP contribution >= 0.6 is 0 Å². The molecule has 0 amide bonds. The number of pyridine rings is 1. The second kappa shape index (κ2) is 7.36. The van der Waals surface area contributed by atoms with E-state index in [0.29, 0.717) is 5.92 Å². The Morgan fingerprint density at radius 3 is 2.94 bits per heavy atom. The minimum Gasteiger partial charge on any atom is -0.396 e. The topological polar surface area (TPSA) is 45.1 Å². The van der Waals surface area contributed by atoms with E-state index >= 15 is 0 Å². The van der Waals surface area contributed by atoms with E-state index < -0.39 is 0 Å². The minimum atomic E-state index is 0.284. The molecule has 1 atom stereocenters. The fourth-order valence-electron chi connectivity index (χ4n) is 1.75. The summed E-state index contributed by atoms with van der Waals surface area (Å²) in [6.07, 6.45) is 3.81. The first-order valence-electron chi connectivity index (χ1n) is 6.00. The SMILES string of the molecule is CCC(CCO)CNCc1cccnc1C. The lowest BCUT2D eigenvalue weighted by Gasteiger charge is -2.14. The fraction of sp³-hybridized carbons (Fsp3) is 0.615. The first-order valence-corrected chi connectivity index (χ1v) is 6.00. The van der Waals surface area contributed by atoms with Crippen LogP contribution in [-0.2, 0) is 6.54 Å². The number of hydrogen-bond donors (Lipinski definition) is 2. The zero-order valence-corrected chi connectivity index (χ0v) is 10.2. The van der Waals surface area contributed by atoms with Crippen LogP contribution in [0.2, 0.25) is 0 Å². The predicted octanol–water partition coefficient (Wildman–Crippen LogP) is 1.89. The van der Waals surface area contributed by atoms with Crippen LogP contribution in [0, 0.1) is 12.8 Å². The lowest BCUT2D eigenvalue weighted by Crippen LogP contribution is -2.23. The average Bonchev–Trinajstić information content (AvgIpc) is 2.30. The number of aromatic nitrogens is 1. The van der Waals surface area contributed by atoms with E-state index in [4.69, 9.17) is 5.11 Å². The van der Waals surface area contributed by atoms with Crippen molar-refractivity contribution in [3.8, 4) is 0 Å². The fourth-order valence-corrected chi connectivity index (χ4v) is 1.75. The molecule has 0 saturated heterocycles. The average molecular weight is 222 g/mol. The van der Waals surface area contributed by atoms with Crippen molar-refractivity contribution in [3.63, 3.8) is 0 Å². The van der Waals surface area contributed by atoms with Crippen LogP contribution in [0.3, 0.4) is 0 Å². The Kier molecular flexibility index (Phi) is 6.04. The monoisotopic (exact) mass is 222 g/mol. The molecule has 1 unspecified atom stereocenters. The number of aryl methyl sites for hydroxylation is 1. The Hall–Kier alpha value is -0.930. The van der Waals surface area contributed by atoms with Crippen molar-refractivity contribution in [2.45, 2.75) is 33.2 Å². The van der Waals surface area contributed by atoms with Gasteiger partial charge in [-0.15, -0.1) is 0 Å². The molecule has 90 valence electrons. The first kappa shape index (κ1) is 13.1. The minimum absolute atomic E-state index is 0.284. The summed E-state index contributed by atoms with van der Waals surface area (Å²) in [6, 6.07) is 4.07. The van der Waals surface area contributed by atoms with E-state index in [-0.39, 0.29) is 6.61 Å². The third kappa shape index (κ3) is 4.29. The number of nitrogens with one attached hydrogen (secondary N) is 1. The van der Waals surface area contributed by atoms with Crippen molar-refractivity contribution in [1.29, 1.82) is 0 Å². The van der Waals surface area contributed by atoms with Gasteiger partial charge in [0, 0.05) is 25.0 Å². The van der Waals surface area contributed by atoms with Gasteiger partial charge >= 0.3 is 0 Å². The van der Waals surface area contributed by atoms with E-state index in [1.165, 1.54) is 5.56 Å². The summed E-state index contributed by atoms with van der Waals surface area (Å²) in [4.78, 5) is 4.25. The van der Waals surface area contributed by atoms with Crippen molar-refractivity contribution in [1.82, 2.24) is 10.3 Å². The lowest BCUT2D eigenvalue weighted by molar-refractivity contribution is 0.251. The molecule has 0 aliphatic heterocycles. The van der Waals surface area contributed by atoms with E-state index in [1.54, 1.807) is 0 Å². The first-order chi connectivity index (χ1) is 7.77. The molecule has 0 bridgehead atoms. The lowest BCUT2D eigenvalue weighted by atomic mass is 10.0. The zero-order valence-electron chi connectivity index (χ0n) is 10.2. The van der Waals surface area contributed by atoms with E-state index in [2.05, 4.69) is 23.3 Å². The highest BCUT2D eigenvalue weighted by molar-refractivity contribution is 5.17. The van der Waals surface area contributed by atoms with Gasteiger partial charge in [0.15, 0.2) is 0 Å². The third-order valence-corrected chi connectivity index (χ3v) is 2.98. The number of aliphatic hydroxyl groups excluding tert-OH is 1. The molecule has 0 fully saturated rings. The Labute approximate surface area is 97.9 Å². The Balaban J connectivity index is 2.32. The second-order valence-corrected chi connectivity index (χ2v) is 4.17. The van der Waals surface area contributed by atoms with Gasteiger partial charge in [-0.1, -0.05) is 19.4 Å². The highest BCUT2D eigenvalue weighted by Gasteiger charge is 2.05. The van der Waals surface area contributed by atoms with E-state index in [1.807, 2.05) is 19.2 Å². The van der Waals surface area contributed by atoms with Crippen LogP contribution in [0.15, 0.2) is 18.3 Å². The van der Waals surface area contributed by atoms with Gasteiger partial charge in [0.25, 0.3) is 0 Å². The molecule has 1 rings (SSSR count). The number of aliphatic hydroxyl groups is 1. The molecule has 0 spiro atoms. The Morgan fingerprint density at radius 1 is 1.50 bits per heavy atom. The van der Waals surface area contributed by atoms with Gasteiger partial charge in [-0.05, 0) is 37.4 Å². The molecule has 2 N–H and O–H groups in total. The molecule has 16 heavy (non-hydrogen) atoms. The van der Waals surface area contributed by atoms with Gasteiger partial charge in [-0.2, -0.15) is 0 Å². The summed E-state index contributed by atoms with van der Waals surface area (Å²) in [7, 11) is 0. The van der Waals surface area contributed by atoms with Crippen molar-refractivity contribution >= 4 is 0 Å². The summed E-state index contributed by atoms with van der Waals surface area (Å²) in [5.41, 5.74) is 2.34. The van der Waals surface area contributed by atoms with Crippen LogP contribution in [0.4, 0.5) is 0 Å². The van der Waals surface area contributed by atoms with Crippen molar-refractivity contribution in [2.24, 2.45) is 5.92 Å². The molecule has 1 aromatic heterocycles. The normalized spacial score (nSPS) is 12.7. The standard InChI is InChI=1S/C13H22N2O/c1-3-12(6-8-16)9-14-10-13-5-4-7-15-11(13)2/h4-5,7,12,14,16H,3,6,8-10H2,1-2H3. The maximum absolute atomic E-state index is 8.89. The smallest absolute Gasteiger partial charge is 0.0434 e. The molecule has 0 aliphatic carbocycles. The van der Waals surface area contributed by atoms with Crippen LogP contribution in [0.5, 0.6) is 0 Å². The molecule has 1 heterocycles. The molecule has 0 aromatic carbocycles. The summed E-state index contributed by atoms with van der Waals surface area (Å²) in [5.74, 6) is 0.571. The van der Waals surface area contributed by atoms with Gasteiger partial charge in [-0.25, -0.2) is 0 Å². The van der Waals surface area contributed by atoms with Gasteiger partial charge in [0.1, 0.15) is 0 Å². The van der Waals surface area contributed by atoms with Crippen LogP contribution < -0.4 is 5.32 Å². The highest BCUT2D eigenvalue weighted by atomic mass is 16.3. The largest absolute Gasteiger partial charge is 0.396 e. The molecular weight excluding hydrogens is 200 g/mol. The van der Waals surface area contributed by atoms with Crippen molar-refractivity contribution in [2.75, 3.05) is 13.2 Å². The van der Waals surface area contributed by atoms with Crippen molar-refractivity contribution in [3.05, 3.63) is 29.6 Å². The maximum Gasteiger partial charge on any atom is 0.0434 e. The van der Waals surface area contributed by atoms with Crippen molar-refractivity contribution < 1.29 is 5.11 Å². The molecule has 3 heteroatoms.